The molecule has 1 rings (SSSR count). The van der Waals surface area contributed by atoms with Crippen LogP contribution in [0.1, 0.15) is 32.1 Å². The van der Waals surface area contributed by atoms with Gasteiger partial charge in [-0.2, -0.15) is 16.9 Å². The number of hydrogen-bond donors (Lipinski definition) is 1. The summed E-state index contributed by atoms with van der Waals surface area (Å²) in [5.41, 5.74) is 0. The van der Waals surface area contributed by atoms with Crippen LogP contribution in [0.2, 0.25) is 0 Å². The van der Waals surface area contributed by atoms with Crippen LogP contribution < -0.4 is 0 Å². The SMILES string of the molecule is CCCc1n[nH]c(=S)n1C(C)CSC. The highest BCUT2D eigenvalue weighted by Crippen LogP contribution is 2.15. The Balaban J connectivity index is 2.92. The molecule has 0 aliphatic carbocycles. The molecule has 1 atom stereocenters. The molecule has 0 radical (unpaired) electrons. The molecule has 0 amide bonds. The van der Waals surface area contributed by atoms with Crippen LogP contribution in [-0.2, 0) is 6.42 Å². The van der Waals surface area contributed by atoms with Gasteiger partial charge in [0, 0.05) is 18.2 Å². The van der Waals surface area contributed by atoms with Gasteiger partial charge in [0.25, 0.3) is 0 Å². The van der Waals surface area contributed by atoms with Crippen LogP contribution in [0.25, 0.3) is 0 Å². The predicted octanol–water partition coefficient (Wildman–Crippen LogP) is 2.82. The van der Waals surface area contributed by atoms with Gasteiger partial charge in [-0.1, -0.05) is 6.92 Å². The summed E-state index contributed by atoms with van der Waals surface area (Å²) in [6.45, 7) is 4.34. The van der Waals surface area contributed by atoms with Crippen molar-refractivity contribution in [3.63, 3.8) is 0 Å². The molecule has 1 unspecified atom stereocenters. The van der Waals surface area contributed by atoms with Crippen LogP contribution in [0.3, 0.4) is 0 Å². The lowest BCUT2D eigenvalue weighted by atomic mass is 10.3. The van der Waals surface area contributed by atoms with Crippen molar-refractivity contribution < 1.29 is 0 Å². The third-order valence-corrected chi connectivity index (χ3v) is 3.20. The predicted molar refractivity (Wildman–Crippen MR) is 64.5 cm³/mol. The summed E-state index contributed by atoms with van der Waals surface area (Å²) in [5, 5.41) is 7.11. The van der Waals surface area contributed by atoms with Crippen molar-refractivity contribution in [2.45, 2.75) is 32.7 Å². The van der Waals surface area contributed by atoms with Crippen molar-refractivity contribution >= 4 is 24.0 Å². The van der Waals surface area contributed by atoms with Crippen LogP contribution >= 0.6 is 24.0 Å². The fraction of sp³-hybridized carbons (Fsp3) is 0.778. The Bertz CT molecular complexity index is 329. The standard InChI is InChI=1S/C9H17N3S2/c1-4-5-8-10-11-9(13)12(8)7(2)6-14-3/h7H,4-6H2,1-3H3,(H,11,13). The molecule has 1 aromatic heterocycles. The lowest BCUT2D eigenvalue weighted by Crippen LogP contribution is -2.11. The van der Waals surface area contributed by atoms with Crippen molar-refractivity contribution in [1.29, 1.82) is 0 Å². The van der Waals surface area contributed by atoms with Crippen LogP contribution in [0.4, 0.5) is 0 Å². The van der Waals surface area contributed by atoms with Crippen molar-refractivity contribution in [3.8, 4) is 0 Å². The van der Waals surface area contributed by atoms with E-state index in [4.69, 9.17) is 12.2 Å². The maximum absolute atomic E-state index is 5.21. The number of rotatable bonds is 5. The molecule has 0 aliphatic heterocycles. The van der Waals surface area contributed by atoms with Gasteiger partial charge in [0.2, 0.25) is 0 Å². The number of aromatic nitrogens is 3. The van der Waals surface area contributed by atoms with Crippen LogP contribution in [-0.4, -0.2) is 26.8 Å². The molecule has 0 fully saturated rings. The van der Waals surface area contributed by atoms with Gasteiger partial charge >= 0.3 is 0 Å². The summed E-state index contributed by atoms with van der Waals surface area (Å²) in [6, 6.07) is 0.429. The third-order valence-electron chi connectivity index (χ3n) is 2.10. The van der Waals surface area contributed by atoms with E-state index >= 15 is 0 Å². The quantitative estimate of drug-likeness (QED) is 0.791. The third kappa shape index (κ3) is 2.60. The van der Waals surface area contributed by atoms with E-state index in [1.54, 1.807) is 0 Å². The molecule has 0 aliphatic rings. The van der Waals surface area contributed by atoms with E-state index in [0.29, 0.717) is 6.04 Å². The average molecular weight is 231 g/mol. The highest BCUT2D eigenvalue weighted by atomic mass is 32.2. The number of aromatic amines is 1. The molecule has 1 heterocycles. The minimum absolute atomic E-state index is 0.429. The molecule has 3 nitrogen and oxygen atoms in total. The van der Waals surface area contributed by atoms with Gasteiger partial charge < -0.3 is 4.57 Å². The monoisotopic (exact) mass is 231 g/mol. The minimum atomic E-state index is 0.429. The van der Waals surface area contributed by atoms with Gasteiger partial charge in [-0.05, 0) is 31.8 Å². The Kier molecular flexibility index (Phi) is 4.68. The number of H-pyrrole nitrogens is 1. The van der Waals surface area contributed by atoms with E-state index in [-0.39, 0.29) is 0 Å². The minimum Gasteiger partial charge on any atom is -0.300 e. The van der Waals surface area contributed by atoms with Gasteiger partial charge in [-0.25, -0.2) is 0 Å². The Labute approximate surface area is 94.3 Å². The summed E-state index contributed by atoms with van der Waals surface area (Å²) >= 11 is 7.05. The second kappa shape index (κ2) is 5.56. The second-order valence-corrected chi connectivity index (χ2v) is 4.67. The van der Waals surface area contributed by atoms with Gasteiger partial charge in [0.05, 0.1) is 0 Å². The Morgan fingerprint density at radius 1 is 1.64 bits per heavy atom. The van der Waals surface area contributed by atoms with Crippen LogP contribution in [0, 0.1) is 4.77 Å². The first-order valence-corrected chi connectivity index (χ1v) is 6.65. The largest absolute Gasteiger partial charge is 0.300 e. The van der Waals surface area contributed by atoms with Crippen molar-refractivity contribution in [2.75, 3.05) is 12.0 Å². The zero-order valence-electron chi connectivity index (χ0n) is 8.91. The maximum Gasteiger partial charge on any atom is 0.195 e. The van der Waals surface area contributed by atoms with Gasteiger partial charge in [-0.15, -0.1) is 0 Å². The van der Waals surface area contributed by atoms with E-state index in [0.717, 1.165) is 29.2 Å². The zero-order chi connectivity index (χ0) is 10.6. The summed E-state index contributed by atoms with van der Waals surface area (Å²) in [4.78, 5) is 0. The van der Waals surface area contributed by atoms with E-state index < -0.39 is 0 Å². The smallest absolute Gasteiger partial charge is 0.195 e. The highest BCUT2D eigenvalue weighted by Gasteiger charge is 2.11. The first-order chi connectivity index (χ1) is 6.70. The Hall–Kier alpha value is -0.290. The van der Waals surface area contributed by atoms with Crippen LogP contribution in [0.5, 0.6) is 0 Å². The number of nitrogens with one attached hydrogen (secondary N) is 1. The highest BCUT2D eigenvalue weighted by molar-refractivity contribution is 7.98. The maximum atomic E-state index is 5.21. The zero-order valence-corrected chi connectivity index (χ0v) is 10.5. The van der Waals surface area contributed by atoms with Gasteiger partial charge in [-0.3, -0.25) is 5.10 Å². The van der Waals surface area contributed by atoms with Gasteiger partial charge in [0.1, 0.15) is 5.82 Å². The molecule has 0 bridgehead atoms. The second-order valence-electron chi connectivity index (χ2n) is 3.37. The van der Waals surface area contributed by atoms with Gasteiger partial charge in [0.15, 0.2) is 4.77 Å². The Morgan fingerprint density at radius 2 is 2.36 bits per heavy atom. The summed E-state index contributed by atoms with van der Waals surface area (Å²) < 4.78 is 2.88. The number of hydrogen-bond acceptors (Lipinski definition) is 3. The fourth-order valence-corrected chi connectivity index (χ4v) is 2.47. The van der Waals surface area contributed by atoms with E-state index in [1.165, 1.54) is 0 Å². The molecule has 14 heavy (non-hydrogen) atoms. The summed E-state index contributed by atoms with van der Waals surface area (Å²) in [6.07, 6.45) is 4.21. The van der Waals surface area contributed by atoms with Crippen molar-refractivity contribution in [2.24, 2.45) is 0 Å². The fourth-order valence-electron chi connectivity index (χ4n) is 1.51. The topological polar surface area (TPSA) is 33.6 Å². The molecule has 0 aromatic carbocycles. The van der Waals surface area contributed by atoms with Crippen molar-refractivity contribution in [1.82, 2.24) is 14.8 Å². The number of nitrogens with zero attached hydrogens (tertiary/aromatic N) is 2. The molecular weight excluding hydrogens is 214 g/mol. The molecule has 80 valence electrons. The Morgan fingerprint density at radius 3 is 2.93 bits per heavy atom. The lowest BCUT2D eigenvalue weighted by molar-refractivity contribution is 0.566. The number of thioether (sulfide) groups is 1. The van der Waals surface area contributed by atoms with E-state index in [2.05, 4.69) is 34.9 Å². The first kappa shape index (κ1) is 11.8. The molecule has 5 heteroatoms. The molecule has 1 N–H and O–H groups in total. The molecule has 0 saturated heterocycles. The molecular formula is C9H17N3S2. The molecule has 0 saturated carbocycles. The lowest BCUT2D eigenvalue weighted by Gasteiger charge is -2.13. The van der Waals surface area contributed by atoms with Crippen molar-refractivity contribution in [3.05, 3.63) is 10.6 Å². The summed E-state index contributed by atoms with van der Waals surface area (Å²) in [5.74, 6) is 2.16. The normalized spacial score (nSPS) is 13.1. The van der Waals surface area contributed by atoms with E-state index in [1.807, 2.05) is 11.8 Å². The molecule has 1 aromatic rings. The molecule has 0 spiro atoms. The summed E-state index contributed by atoms with van der Waals surface area (Å²) in [7, 11) is 0. The number of aryl methyl sites for hydroxylation is 1. The van der Waals surface area contributed by atoms with E-state index in [9.17, 15) is 0 Å². The average Bonchev–Trinajstić information content (AvgIpc) is 2.48. The van der Waals surface area contributed by atoms with Crippen LogP contribution in [0.15, 0.2) is 0 Å². The first-order valence-electron chi connectivity index (χ1n) is 4.85.